The Kier molecular flexibility index (Phi) is 5.34. The highest BCUT2D eigenvalue weighted by atomic mass is 19.1. The van der Waals surface area contributed by atoms with E-state index in [9.17, 15) is 14.0 Å². The van der Waals surface area contributed by atoms with Crippen LogP contribution in [0.3, 0.4) is 0 Å². The molecule has 0 aliphatic heterocycles. The molecule has 0 saturated heterocycles. The Morgan fingerprint density at radius 1 is 1.24 bits per heavy atom. The Morgan fingerprint density at radius 2 is 1.76 bits per heavy atom. The summed E-state index contributed by atoms with van der Waals surface area (Å²) in [6, 6.07) is 2.37. The number of hydrogen-bond acceptors (Lipinski definition) is 5. The van der Waals surface area contributed by atoms with Crippen molar-refractivity contribution in [1.82, 2.24) is 0 Å². The van der Waals surface area contributed by atoms with Gasteiger partial charge in [0, 0.05) is 12.1 Å². The minimum Gasteiger partial charge on any atom is -0.488 e. The standard InChI is InChI=1S/C13H19FN4O3/c1-7(2)21-11-4-10(9(15)3-8(11)14)18(5-12(16)19)6-13(17)20/h3-4,7H,5-6,15H2,1-2H3,(H2,16,19)(H2,17,20). The molecule has 0 heterocycles. The van der Waals surface area contributed by atoms with Crippen LogP contribution in [0.4, 0.5) is 15.8 Å². The van der Waals surface area contributed by atoms with E-state index in [1.54, 1.807) is 13.8 Å². The molecule has 0 spiro atoms. The van der Waals surface area contributed by atoms with Crippen LogP contribution >= 0.6 is 0 Å². The number of amides is 2. The normalized spacial score (nSPS) is 10.5. The number of primary amides is 2. The minimum absolute atomic E-state index is 0.0341. The molecule has 7 nitrogen and oxygen atoms in total. The molecule has 116 valence electrons. The average molecular weight is 298 g/mol. The van der Waals surface area contributed by atoms with Gasteiger partial charge in [0.15, 0.2) is 11.6 Å². The molecule has 0 atom stereocenters. The first-order valence-electron chi connectivity index (χ1n) is 6.28. The van der Waals surface area contributed by atoms with Gasteiger partial charge in [0.05, 0.1) is 30.6 Å². The lowest BCUT2D eigenvalue weighted by atomic mass is 10.2. The van der Waals surface area contributed by atoms with E-state index < -0.39 is 17.6 Å². The number of nitrogen functional groups attached to an aromatic ring is 1. The average Bonchev–Trinajstić information content (AvgIpc) is 2.30. The molecule has 6 N–H and O–H groups in total. The lowest BCUT2D eigenvalue weighted by Gasteiger charge is -2.24. The fraction of sp³-hybridized carbons (Fsp3) is 0.385. The van der Waals surface area contributed by atoms with E-state index in [1.165, 1.54) is 11.0 Å². The molecule has 8 heteroatoms. The highest BCUT2D eigenvalue weighted by Gasteiger charge is 2.18. The van der Waals surface area contributed by atoms with Gasteiger partial charge in [0.25, 0.3) is 0 Å². The van der Waals surface area contributed by atoms with Gasteiger partial charge in [-0.2, -0.15) is 0 Å². The molecule has 0 radical (unpaired) electrons. The monoisotopic (exact) mass is 298 g/mol. The summed E-state index contributed by atoms with van der Waals surface area (Å²) in [6.07, 6.45) is -0.253. The lowest BCUT2D eigenvalue weighted by molar-refractivity contribution is -0.117. The van der Waals surface area contributed by atoms with Crippen molar-refractivity contribution < 1.29 is 18.7 Å². The van der Waals surface area contributed by atoms with Crippen molar-refractivity contribution in [2.24, 2.45) is 11.5 Å². The number of hydrogen-bond donors (Lipinski definition) is 3. The van der Waals surface area contributed by atoms with E-state index in [4.69, 9.17) is 21.9 Å². The molecule has 0 aromatic heterocycles. The molecular weight excluding hydrogens is 279 g/mol. The highest BCUT2D eigenvalue weighted by molar-refractivity contribution is 5.87. The van der Waals surface area contributed by atoms with Crippen LogP contribution in [0.1, 0.15) is 13.8 Å². The third-order valence-corrected chi connectivity index (χ3v) is 2.48. The molecule has 1 rings (SSSR count). The molecule has 2 amide bonds. The van der Waals surface area contributed by atoms with Gasteiger partial charge in [0.1, 0.15) is 0 Å². The summed E-state index contributed by atoms with van der Waals surface area (Å²) in [5.41, 5.74) is 16.3. The van der Waals surface area contributed by atoms with Gasteiger partial charge in [-0.15, -0.1) is 0 Å². The van der Waals surface area contributed by atoms with Crippen LogP contribution in [-0.4, -0.2) is 31.0 Å². The van der Waals surface area contributed by atoms with Gasteiger partial charge in [0.2, 0.25) is 11.8 Å². The number of ether oxygens (including phenoxy) is 1. The fourth-order valence-corrected chi connectivity index (χ4v) is 1.78. The number of nitrogens with two attached hydrogens (primary N) is 3. The Balaban J connectivity index is 3.22. The molecule has 1 aromatic rings. The SMILES string of the molecule is CC(C)Oc1cc(N(CC(N)=O)CC(N)=O)c(N)cc1F. The first-order chi connectivity index (χ1) is 9.70. The van der Waals surface area contributed by atoms with Crippen molar-refractivity contribution in [2.75, 3.05) is 23.7 Å². The van der Waals surface area contributed by atoms with Crippen LogP contribution in [-0.2, 0) is 9.59 Å². The summed E-state index contributed by atoms with van der Waals surface area (Å²) >= 11 is 0. The first-order valence-corrected chi connectivity index (χ1v) is 6.28. The zero-order valence-corrected chi connectivity index (χ0v) is 11.9. The lowest BCUT2D eigenvalue weighted by Crippen LogP contribution is -2.40. The fourth-order valence-electron chi connectivity index (χ4n) is 1.78. The van der Waals surface area contributed by atoms with E-state index >= 15 is 0 Å². The molecule has 0 aliphatic carbocycles. The van der Waals surface area contributed by atoms with Crippen molar-refractivity contribution in [2.45, 2.75) is 20.0 Å². The van der Waals surface area contributed by atoms with Gasteiger partial charge in [-0.3, -0.25) is 9.59 Å². The Bertz CT molecular complexity index is 532. The van der Waals surface area contributed by atoms with Gasteiger partial charge in [-0.05, 0) is 13.8 Å². The minimum atomic E-state index is -0.675. The summed E-state index contributed by atoms with van der Waals surface area (Å²) in [6.45, 7) is 2.92. The number of halogens is 1. The molecule has 0 unspecified atom stereocenters. The van der Waals surface area contributed by atoms with Crippen LogP contribution in [0.15, 0.2) is 12.1 Å². The second-order valence-electron chi connectivity index (χ2n) is 4.80. The van der Waals surface area contributed by atoms with Crippen LogP contribution < -0.4 is 26.8 Å². The number of benzene rings is 1. The van der Waals surface area contributed by atoms with Gasteiger partial charge in [-0.1, -0.05) is 0 Å². The summed E-state index contributed by atoms with van der Waals surface area (Å²) in [7, 11) is 0. The van der Waals surface area contributed by atoms with E-state index in [-0.39, 0.29) is 36.3 Å². The van der Waals surface area contributed by atoms with Crippen LogP contribution in [0, 0.1) is 5.82 Å². The van der Waals surface area contributed by atoms with Crippen molar-refractivity contribution >= 4 is 23.2 Å². The predicted octanol–water partition coefficient (Wildman–Crippen LogP) is -0.0279. The predicted molar refractivity (Wildman–Crippen MR) is 77.2 cm³/mol. The smallest absolute Gasteiger partial charge is 0.236 e. The second kappa shape index (κ2) is 6.78. The largest absolute Gasteiger partial charge is 0.488 e. The maximum absolute atomic E-state index is 13.8. The third kappa shape index (κ3) is 4.83. The summed E-state index contributed by atoms with van der Waals surface area (Å²) in [5.74, 6) is -2.02. The van der Waals surface area contributed by atoms with Crippen molar-refractivity contribution in [3.05, 3.63) is 17.9 Å². The number of anilines is 2. The zero-order chi connectivity index (χ0) is 16.2. The van der Waals surface area contributed by atoms with Gasteiger partial charge < -0.3 is 26.8 Å². The van der Waals surface area contributed by atoms with E-state index in [0.717, 1.165) is 6.07 Å². The maximum Gasteiger partial charge on any atom is 0.236 e. The van der Waals surface area contributed by atoms with Crippen molar-refractivity contribution in [3.63, 3.8) is 0 Å². The van der Waals surface area contributed by atoms with Crippen LogP contribution in [0.2, 0.25) is 0 Å². The quantitative estimate of drug-likeness (QED) is 0.610. The number of rotatable bonds is 7. The molecule has 0 bridgehead atoms. The first kappa shape index (κ1) is 16.5. The Morgan fingerprint density at radius 3 is 2.19 bits per heavy atom. The maximum atomic E-state index is 13.8. The van der Waals surface area contributed by atoms with Gasteiger partial charge >= 0.3 is 0 Å². The molecule has 0 aliphatic rings. The highest BCUT2D eigenvalue weighted by Crippen LogP contribution is 2.31. The van der Waals surface area contributed by atoms with E-state index in [2.05, 4.69) is 0 Å². The Labute approximate surface area is 121 Å². The molecule has 21 heavy (non-hydrogen) atoms. The third-order valence-electron chi connectivity index (χ3n) is 2.48. The zero-order valence-electron chi connectivity index (χ0n) is 11.9. The van der Waals surface area contributed by atoms with Crippen molar-refractivity contribution in [3.8, 4) is 5.75 Å². The second-order valence-corrected chi connectivity index (χ2v) is 4.80. The summed E-state index contributed by atoms with van der Waals surface area (Å²) < 4.78 is 19.1. The van der Waals surface area contributed by atoms with Crippen LogP contribution in [0.5, 0.6) is 5.75 Å². The molecular formula is C13H19FN4O3. The van der Waals surface area contributed by atoms with Crippen LogP contribution in [0.25, 0.3) is 0 Å². The summed E-state index contributed by atoms with van der Waals surface area (Å²) in [4.78, 5) is 23.4. The summed E-state index contributed by atoms with van der Waals surface area (Å²) in [5, 5.41) is 0. The number of nitrogens with zero attached hydrogens (tertiary/aromatic N) is 1. The molecule has 0 saturated carbocycles. The van der Waals surface area contributed by atoms with E-state index in [1.807, 2.05) is 0 Å². The Hall–Kier alpha value is -2.51. The number of carbonyl (C=O) groups excluding carboxylic acids is 2. The van der Waals surface area contributed by atoms with E-state index in [0.29, 0.717) is 0 Å². The van der Waals surface area contributed by atoms with Crippen molar-refractivity contribution in [1.29, 1.82) is 0 Å². The molecule has 1 aromatic carbocycles. The number of carbonyl (C=O) groups is 2. The molecule has 0 fully saturated rings. The van der Waals surface area contributed by atoms with Gasteiger partial charge in [-0.25, -0.2) is 4.39 Å². The topological polar surface area (TPSA) is 125 Å².